The summed E-state index contributed by atoms with van der Waals surface area (Å²) in [6.45, 7) is 0.939. The minimum absolute atomic E-state index is 0.0940. The van der Waals surface area contributed by atoms with Crippen molar-refractivity contribution in [1.82, 2.24) is 4.72 Å². The number of primary amides is 1. The van der Waals surface area contributed by atoms with Gasteiger partial charge in [-0.05, 0) is 19.1 Å². The number of nitro groups is 1. The molecule has 3 N–H and O–H groups in total. The van der Waals surface area contributed by atoms with E-state index in [2.05, 4.69) is 4.72 Å². The lowest BCUT2D eigenvalue weighted by atomic mass is 10.1. The van der Waals surface area contributed by atoms with E-state index in [1.54, 1.807) is 0 Å². The number of benzene rings is 1. The molecule has 128 valence electrons. The highest BCUT2D eigenvalue weighted by atomic mass is 32.2. The fourth-order valence-electron chi connectivity index (χ4n) is 1.77. The van der Waals surface area contributed by atoms with Gasteiger partial charge >= 0.3 is 5.69 Å². The Morgan fingerprint density at radius 3 is 2.48 bits per heavy atom. The molecule has 0 aromatic heterocycles. The van der Waals surface area contributed by atoms with Gasteiger partial charge in [-0.3, -0.25) is 14.9 Å². The maximum Gasteiger partial charge on any atom is 0.312 e. The Morgan fingerprint density at radius 1 is 1.43 bits per heavy atom. The lowest BCUT2D eigenvalue weighted by Gasteiger charge is -2.26. The second-order valence-electron chi connectivity index (χ2n) is 4.83. The first-order chi connectivity index (χ1) is 10.6. The van der Waals surface area contributed by atoms with Gasteiger partial charge in [0.15, 0.2) is 5.75 Å². The first-order valence-electron chi connectivity index (χ1n) is 6.22. The summed E-state index contributed by atoms with van der Waals surface area (Å²) in [5, 5.41) is 11.0. The SMILES string of the molecule is COCC(C)(NS(=O)(=O)c1ccc(OC)c([N+](=O)[O-])c1)C(N)=O. The van der Waals surface area contributed by atoms with Crippen molar-refractivity contribution >= 4 is 21.6 Å². The van der Waals surface area contributed by atoms with E-state index in [1.807, 2.05) is 0 Å². The van der Waals surface area contributed by atoms with Crippen molar-refractivity contribution in [3.63, 3.8) is 0 Å². The van der Waals surface area contributed by atoms with Crippen LogP contribution in [0.5, 0.6) is 5.75 Å². The lowest BCUT2D eigenvalue weighted by Crippen LogP contribution is -2.58. The monoisotopic (exact) mass is 347 g/mol. The number of nitrogens with zero attached hydrogens (tertiary/aromatic N) is 1. The summed E-state index contributed by atoms with van der Waals surface area (Å²) in [4.78, 5) is 21.3. The number of hydrogen-bond acceptors (Lipinski definition) is 7. The number of hydrogen-bond donors (Lipinski definition) is 2. The number of nitro benzene ring substituents is 1. The molecule has 10 nitrogen and oxygen atoms in total. The molecule has 1 amide bonds. The Kier molecular flexibility index (Phi) is 5.64. The molecule has 0 saturated heterocycles. The van der Waals surface area contributed by atoms with E-state index < -0.39 is 37.0 Å². The molecule has 0 aliphatic heterocycles. The third-order valence-corrected chi connectivity index (χ3v) is 4.59. The highest BCUT2D eigenvalue weighted by molar-refractivity contribution is 7.89. The number of amides is 1. The van der Waals surface area contributed by atoms with Crippen molar-refractivity contribution < 1.29 is 27.6 Å². The molecule has 0 bridgehead atoms. The van der Waals surface area contributed by atoms with Crippen molar-refractivity contribution in [1.29, 1.82) is 0 Å². The van der Waals surface area contributed by atoms with Gasteiger partial charge in [-0.25, -0.2) is 8.42 Å². The van der Waals surface area contributed by atoms with Gasteiger partial charge in [0.25, 0.3) is 0 Å². The van der Waals surface area contributed by atoms with E-state index >= 15 is 0 Å². The maximum atomic E-state index is 12.4. The van der Waals surface area contributed by atoms with Crippen molar-refractivity contribution in [2.75, 3.05) is 20.8 Å². The van der Waals surface area contributed by atoms with Gasteiger partial charge in [0.1, 0.15) is 5.54 Å². The number of nitrogens with two attached hydrogens (primary N) is 1. The zero-order valence-electron chi connectivity index (χ0n) is 12.7. The number of carbonyl (C=O) groups is 1. The minimum atomic E-state index is -4.26. The molecule has 0 radical (unpaired) electrons. The van der Waals surface area contributed by atoms with Crippen molar-refractivity contribution in [3.05, 3.63) is 28.3 Å². The Morgan fingerprint density at radius 2 is 2.04 bits per heavy atom. The van der Waals surface area contributed by atoms with Crippen LogP contribution in [0.1, 0.15) is 6.92 Å². The van der Waals surface area contributed by atoms with Gasteiger partial charge in [-0.1, -0.05) is 0 Å². The minimum Gasteiger partial charge on any atom is -0.490 e. The largest absolute Gasteiger partial charge is 0.490 e. The van der Waals surface area contributed by atoms with Crippen LogP contribution < -0.4 is 15.2 Å². The molecule has 1 atom stereocenters. The van der Waals surface area contributed by atoms with Crippen LogP contribution in [0.2, 0.25) is 0 Å². The number of rotatable bonds is 8. The topological polar surface area (TPSA) is 151 Å². The second kappa shape index (κ2) is 6.89. The summed E-state index contributed by atoms with van der Waals surface area (Å²) in [5.74, 6) is -1.05. The smallest absolute Gasteiger partial charge is 0.312 e. The quantitative estimate of drug-likeness (QED) is 0.487. The molecule has 0 aliphatic carbocycles. The third-order valence-electron chi connectivity index (χ3n) is 2.99. The van der Waals surface area contributed by atoms with Crippen molar-refractivity contribution in [3.8, 4) is 5.75 Å². The molecule has 0 saturated carbocycles. The summed E-state index contributed by atoms with van der Waals surface area (Å²) in [6, 6.07) is 3.09. The fraction of sp³-hybridized carbons (Fsp3) is 0.417. The molecule has 0 heterocycles. The van der Waals surface area contributed by atoms with Gasteiger partial charge in [0.2, 0.25) is 15.9 Å². The number of methoxy groups -OCH3 is 2. The Labute approximate surface area is 132 Å². The molecule has 0 fully saturated rings. The molecule has 1 rings (SSSR count). The number of ether oxygens (including phenoxy) is 2. The van der Waals surface area contributed by atoms with E-state index in [1.165, 1.54) is 21.1 Å². The van der Waals surface area contributed by atoms with Crippen LogP contribution in [0, 0.1) is 10.1 Å². The first-order valence-corrected chi connectivity index (χ1v) is 7.71. The Balaban J connectivity index is 3.31. The van der Waals surface area contributed by atoms with Gasteiger partial charge < -0.3 is 15.2 Å². The van der Waals surface area contributed by atoms with E-state index in [9.17, 15) is 23.3 Å². The number of carbonyl (C=O) groups excluding carboxylic acids is 1. The van der Waals surface area contributed by atoms with E-state index in [4.69, 9.17) is 15.2 Å². The van der Waals surface area contributed by atoms with Gasteiger partial charge in [0.05, 0.1) is 23.5 Å². The first kappa shape index (κ1) is 18.8. The summed E-state index contributed by atoms with van der Waals surface area (Å²) < 4.78 is 36.4. The van der Waals surface area contributed by atoms with Crippen molar-refractivity contribution in [2.45, 2.75) is 17.4 Å². The Bertz CT molecular complexity index is 719. The highest BCUT2D eigenvalue weighted by Gasteiger charge is 2.37. The van der Waals surface area contributed by atoms with E-state index in [0.29, 0.717) is 0 Å². The second-order valence-corrected chi connectivity index (χ2v) is 6.51. The molecular formula is C12H17N3O7S. The zero-order chi connectivity index (χ0) is 17.8. The predicted octanol–water partition coefficient (Wildman–Crippen LogP) is -0.228. The summed E-state index contributed by atoms with van der Waals surface area (Å²) in [5.41, 5.74) is 2.96. The highest BCUT2D eigenvalue weighted by Crippen LogP contribution is 2.29. The standard InChI is InChI=1S/C12H17N3O7S/c1-12(7-21-2,11(13)16)14-23(19,20)8-4-5-10(22-3)9(6-8)15(17)18/h4-6,14H,7H2,1-3H3,(H2,13,16). The molecule has 1 aromatic carbocycles. The average Bonchev–Trinajstić information content (AvgIpc) is 2.45. The molecule has 0 aliphatic rings. The number of sulfonamides is 1. The molecule has 11 heteroatoms. The van der Waals surface area contributed by atoms with Crippen LogP contribution in [-0.2, 0) is 19.6 Å². The van der Waals surface area contributed by atoms with Gasteiger partial charge in [-0.2, -0.15) is 4.72 Å². The van der Waals surface area contributed by atoms with Crippen LogP contribution in [0.4, 0.5) is 5.69 Å². The summed E-state index contributed by atoms with van der Waals surface area (Å²) in [7, 11) is -1.77. The maximum absolute atomic E-state index is 12.4. The van der Waals surface area contributed by atoms with Crippen LogP contribution >= 0.6 is 0 Å². The average molecular weight is 347 g/mol. The molecule has 1 aromatic rings. The predicted molar refractivity (Wildman–Crippen MR) is 79.4 cm³/mol. The van der Waals surface area contributed by atoms with E-state index in [-0.39, 0.29) is 12.4 Å². The molecular weight excluding hydrogens is 330 g/mol. The Hall–Kier alpha value is -2.24. The molecule has 0 spiro atoms. The number of nitrogens with one attached hydrogen (secondary N) is 1. The van der Waals surface area contributed by atoms with Gasteiger partial charge in [0, 0.05) is 13.2 Å². The van der Waals surface area contributed by atoms with Crippen LogP contribution in [0.25, 0.3) is 0 Å². The zero-order valence-corrected chi connectivity index (χ0v) is 13.5. The summed E-state index contributed by atoms with van der Waals surface area (Å²) in [6.07, 6.45) is 0. The van der Waals surface area contributed by atoms with E-state index in [0.717, 1.165) is 18.2 Å². The van der Waals surface area contributed by atoms with Crippen LogP contribution in [0.3, 0.4) is 0 Å². The third kappa shape index (κ3) is 4.15. The van der Waals surface area contributed by atoms with Crippen molar-refractivity contribution in [2.24, 2.45) is 5.73 Å². The summed E-state index contributed by atoms with van der Waals surface area (Å²) >= 11 is 0. The molecule has 1 unspecified atom stereocenters. The lowest BCUT2D eigenvalue weighted by molar-refractivity contribution is -0.386. The van der Waals surface area contributed by atoms with Crippen LogP contribution in [-0.4, -0.2) is 45.6 Å². The fourth-order valence-corrected chi connectivity index (χ4v) is 3.16. The normalized spacial score (nSPS) is 14.0. The van der Waals surface area contributed by atoms with Gasteiger partial charge in [-0.15, -0.1) is 0 Å². The molecule has 23 heavy (non-hydrogen) atoms. The van der Waals surface area contributed by atoms with Crippen LogP contribution in [0.15, 0.2) is 23.1 Å².